The van der Waals surface area contributed by atoms with Gasteiger partial charge in [-0.2, -0.15) is 0 Å². The third kappa shape index (κ3) is 3.68. The summed E-state index contributed by atoms with van der Waals surface area (Å²) in [7, 11) is 1.47. The number of carbonyl (C=O) groups is 2. The minimum Gasteiger partial charge on any atom is -0.488 e. The summed E-state index contributed by atoms with van der Waals surface area (Å²) in [6.45, 7) is 0.553. The van der Waals surface area contributed by atoms with E-state index in [0.29, 0.717) is 28.6 Å². The lowest BCUT2D eigenvalue weighted by Crippen LogP contribution is -2.22. The number of imide groups is 1. The molecule has 0 N–H and O–H groups in total. The van der Waals surface area contributed by atoms with Crippen LogP contribution in [0.4, 0.5) is 4.79 Å². The maximum atomic E-state index is 12.1. The molecule has 1 fully saturated rings. The fraction of sp³-hybridized carbons (Fsp3) is 0.158. The van der Waals surface area contributed by atoms with E-state index in [1.54, 1.807) is 6.08 Å². The molecule has 2 aliphatic rings. The number of likely N-dealkylation sites (N-methyl/N-ethyl adjacent to an activating group) is 1. The number of amides is 2. The Kier molecular flexibility index (Phi) is 4.84. The molecule has 0 bridgehead atoms. The lowest BCUT2D eigenvalue weighted by atomic mass is 10.1. The largest absolute Gasteiger partial charge is 0.488 e. The van der Waals surface area contributed by atoms with Gasteiger partial charge in [-0.25, -0.2) is 0 Å². The van der Waals surface area contributed by atoms with Gasteiger partial charge in [0.05, 0.1) is 4.91 Å². The number of nitrogens with zero attached hydrogens (tertiary/aromatic N) is 1. The molecule has 0 aliphatic carbocycles. The van der Waals surface area contributed by atoms with Gasteiger partial charge in [0, 0.05) is 17.1 Å². The third-order valence-corrected chi connectivity index (χ3v) is 5.53. The fourth-order valence-corrected chi connectivity index (χ4v) is 3.84. The van der Waals surface area contributed by atoms with Crippen LogP contribution in [0.25, 0.3) is 6.08 Å². The van der Waals surface area contributed by atoms with Crippen LogP contribution < -0.4 is 14.2 Å². The number of halogens is 1. The fourth-order valence-electron chi connectivity index (χ4n) is 2.64. The summed E-state index contributed by atoms with van der Waals surface area (Å²) in [4.78, 5) is 25.3. The molecule has 6 nitrogen and oxygen atoms in total. The van der Waals surface area contributed by atoms with E-state index >= 15 is 0 Å². The van der Waals surface area contributed by atoms with E-state index in [9.17, 15) is 9.59 Å². The molecular formula is C19H14BrNO5S. The van der Waals surface area contributed by atoms with Crippen molar-refractivity contribution < 1.29 is 23.8 Å². The maximum Gasteiger partial charge on any atom is 0.293 e. The normalized spacial score (nSPS) is 17.1. The first-order chi connectivity index (χ1) is 13.0. The number of rotatable bonds is 4. The van der Waals surface area contributed by atoms with E-state index in [0.717, 1.165) is 32.4 Å². The third-order valence-electron chi connectivity index (χ3n) is 4.08. The van der Waals surface area contributed by atoms with Crippen molar-refractivity contribution in [3.05, 3.63) is 56.9 Å². The molecule has 0 spiro atoms. The summed E-state index contributed by atoms with van der Waals surface area (Å²) >= 11 is 4.35. The molecular weight excluding hydrogens is 434 g/mol. The molecule has 2 aromatic carbocycles. The second-order valence-corrected chi connectivity index (χ2v) is 7.81. The first kappa shape index (κ1) is 17.9. The molecule has 0 atom stereocenters. The number of fused-ring (bicyclic) bond motifs is 1. The van der Waals surface area contributed by atoms with Crippen LogP contribution in [-0.4, -0.2) is 29.9 Å². The molecule has 0 saturated carbocycles. The Balaban J connectivity index is 1.57. The van der Waals surface area contributed by atoms with Gasteiger partial charge in [0.25, 0.3) is 11.1 Å². The van der Waals surface area contributed by atoms with Gasteiger partial charge in [-0.3, -0.25) is 14.5 Å². The van der Waals surface area contributed by atoms with Crippen LogP contribution >= 0.6 is 27.7 Å². The molecule has 2 heterocycles. The molecule has 2 aliphatic heterocycles. The highest BCUT2D eigenvalue weighted by molar-refractivity contribution is 9.10. The van der Waals surface area contributed by atoms with Crippen LogP contribution in [0.2, 0.25) is 0 Å². The molecule has 2 amide bonds. The van der Waals surface area contributed by atoms with E-state index in [4.69, 9.17) is 14.2 Å². The van der Waals surface area contributed by atoms with Gasteiger partial charge in [0.1, 0.15) is 12.4 Å². The number of ether oxygens (including phenoxy) is 3. The van der Waals surface area contributed by atoms with Crippen molar-refractivity contribution in [2.75, 3.05) is 13.8 Å². The zero-order chi connectivity index (χ0) is 19.0. The van der Waals surface area contributed by atoms with Gasteiger partial charge in [-0.1, -0.05) is 22.0 Å². The van der Waals surface area contributed by atoms with Crippen LogP contribution in [0.1, 0.15) is 11.1 Å². The van der Waals surface area contributed by atoms with E-state index in [-0.39, 0.29) is 17.9 Å². The van der Waals surface area contributed by atoms with Crippen molar-refractivity contribution in [3.63, 3.8) is 0 Å². The minimum atomic E-state index is -0.313. The summed E-state index contributed by atoms with van der Waals surface area (Å²) in [6.07, 6.45) is 1.67. The van der Waals surface area contributed by atoms with Gasteiger partial charge in [0.15, 0.2) is 11.5 Å². The Morgan fingerprint density at radius 1 is 1.19 bits per heavy atom. The summed E-state index contributed by atoms with van der Waals surface area (Å²) in [5.41, 5.74) is 1.64. The zero-order valence-electron chi connectivity index (χ0n) is 14.2. The lowest BCUT2D eigenvalue weighted by molar-refractivity contribution is -0.121. The van der Waals surface area contributed by atoms with Crippen LogP contribution in [-0.2, 0) is 11.4 Å². The van der Waals surface area contributed by atoms with Crippen molar-refractivity contribution in [1.29, 1.82) is 0 Å². The van der Waals surface area contributed by atoms with Gasteiger partial charge >= 0.3 is 0 Å². The molecule has 0 radical (unpaired) electrons. The van der Waals surface area contributed by atoms with E-state index < -0.39 is 0 Å². The van der Waals surface area contributed by atoms with Gasteiger partial charge < -0.3 is 14.2 Å². The molecule has 8 heteroatoms. The highest BCUT2D eigenvalue weighted by Gasteiger charge is 2.32. The molecule has 0 aromatic heterocycles. The Bertz CT molecular complexity index is 975. The molecule has 2 aromatic rings. The highest BCUT2D eigenvalue weighted by atomic mass is 79.9. The van der Waals surface area contributed by atoms with E-state index in [1.165, 1.54) is 7.05 Å². The summed E-state index contributed by atoms with van der Waals surface area (Å²) < 4.78 is 17.5. The Hall–Kier alpha value is -2.45. The number of hydrogen-bond acceptors (Lipinski definition) is 6. The average molecular weight is 448 g/mol. The summed E-state index contributed by atoms with van der Waals surface area (Å²) in [5, 5.41) is -0.288. The van der Waals surface area contributed by atoms with Gasteiger partial charge in [0.2, 0.25) is 6.79 Å². The van der Waals surface area contributed by atoms with Crippen LogP contribution in [0.5, 0.6) is 17.2 Å². The summed E-state index contributed by atoms with van der Waals surface area (Å²) in [6, 6.07) is 11.2. The zero-order valence-corrected chi connectivity index (χ0v) is 16.6. The number of thioether (sulfide) groups is 1. The van der Waals surface area contributed by atoms with E-state index in [2.05, 4.69) is 15.9 Å². The van der Waals surface area contributed by atoms with Crippen LogP contribution in [0.15, 0.2) is 45.8 Å². The first-order valence-corrected chi connectivity index (χ1v) is 9.64. The lowest BCUT2D eigenvalue weighted by Gasteiger charge is -2.11. The summed E-state index contributed by atoms with van der Waals surface area (Å²) in [5.74, 6) is 1.72. The minimum absolute atomic E-state index is 0.225. The number of benzene rings is 2. The van der Waals surface area contributed by atoms with Gasteiger partial charge in [-0.05, 0) is 53.7 Å². The second kappa shape index (κ2) is 7.28. The SMILES string of the molecule is CN1C(=O)S/C(=C\c2cc(Br)ccc2OCc2ccc3c(c2)OCO3)C1=O. The quantitative estimate of drug-likeness (QED) is 0.646. The van der Waals surface area contributed by atoms with Crippen molar-refractivity contribution in [3.8, 4) is 17.2 Å². The molecule has 4 rings (SSSR count). The monoisotopic (exact) mass is 447 g/mol. The molecule has 138 valence electrons. The van der Waals surface area contributed by atoms with Gasteiger partial charge in [-0.15, -0.1) is 0 Å². The van der Waals surface area contributed by atoms with Crippen molar-refractivity contribution in [2.24, 2.45) is 0 Å². The molecule has 27 heavy (non-hydrogen) atoms. The predicted octanol–water partition coefficient (Wildman–Crippen LogP) is 4.42. The highest BCUT2D eigenvalue weighted by Crippen LogP contribution is 2.35. The molecule has 1 saturated heterocycles. The predicted molar refractivity (Wildman–Crippen MR) is 105 cm³/mol. The Labute approximate surface area is 168 Å². The standard InChI is InChI=1S/C19H14BrNO5S/c1-21-18(22)17(27-19(21)23)8-12-7-13(20)3-5-14(12)24-9-11-2-4-15-16(6-11)26-10-25-15/h2-8H,9-10H2,1H3/b17-8-. The smallest absolute Gasteiger partial charge is 0.293 e. The van der Waals surface area contributed by atoms with Crippen molar-refractivity contribution >= 4 is 44.9 Å². The average Bonchev–Trinajstić information content (AvgIpc) is 3.21. The van der Waals surface area contributed by atoms with E-state index in [1.807, 2.05) is 36.4 Å². The molecule has 0 unspecified atom stereocenters. The Morgan fingerprint density at radius 3 is 2.78 bits per heavy atom. The Morgan fingerprint density at radius 2 is 2.00 bits per heavy atom. The topological polar surface area (TPSA) is 65.1 Å². The van der Waals surface area contributed by atoms with Crippen LogP contribution in [0, 0.1) is 0 Å². The second-order valence-electron chi connectivity index (χ2n) is 5.90. The number of carbonyl (C=O) groups excluding carboxylic acids is 2. The first-order valence-electron chi connectivity index (χ1n) is 8.04. The number of hydrogen-bond donors (Lipinski definition) is 0. The maximum absolute atomic E-state index is 12.1. The van der Waals surface area contributed by atoms with Crippen molar-refractivity contribution in [2.45, 2.75) is 6.61 Å². The van der Waals surface area contributed by atoms with Crippen LogP contribution in [0.3, 0.4) is 0 Å². The van der Waals surface area contributed by atoms with Crippen molar-refractivity contribution in [1.82, 2.24) is 4.90 Å².